The molecule has 33 heavy (non-hydrogen) atoms. The van der Waals surface area contributed by atoms with Crippen LogP contribution in [0.4, 0.5) is 0 Å². The van der Waals surface area contributed by atoms with Crippen LogP contribution in [0.2, 0.25) is 0 Å². The molecule has 1 unspecified atom stereocenters. The van der Waals surface area contributed by atoms with Crippen molar-refractivity contribution in [1.29, 1.82) is 0 Å². The maximum Gasteiger partial charge on any atom is 0.250 e. The van der Waals surface area contributed by atoms with Crippen molar-refractivity contribution in [3.05, 3.63) is 54.1 Å². The van der Waals surface area contributed by atoms with E-state index in [0.29, 0.717) is 37.2 Å². The number of aryl methyl sites for hydroxylation is 1. The summed E-state index contributed by atoms with van der Waals surface area (Å²) in [4.78, 5) is 13.0. The summed E-state index contributed by atoms with van der Waals surface area (Å²) in [6, 6.07) is 14.5. The minimum absolute atomic E-state index is 0.0882. The maximum atomic E-state index is 13.9. The molecular weight excluding hydrogens is 442 g/mol. The van der Waals surface area contributed by atoms with Gasteiger partial charge >= 0.3 is 0 Å². The zero-order chi connectivity index (χ0) is 23.9. The number of carbonyl (C=O) groups is 1. The SMILES string of the molecule is COc1ccc(S(=O)(=O)C(CCCCc2ccccc2)C2(C(=O)NO)CCCC2)cc1OC. The number of ether oxygens (including phenoxy) is 2. The number of benzene rings is 2. The lowest BCUT2D eigenvalue weighted by molar-refractivity contribution is -0.139. The minimum Gasteiger partial charge on any atom is -0.493 e. The number of amides is 1. The molecule has 1 saturated carbocycles. The largest absolute Gasteiger partial charge is 0.493 e. The Morgan fingerprint density at radius 2 is 1.70 bits per heavy atom. The molecule has 0 aliphatic heterocycles. The molecule has 0 radical (unpaired) electrons. The third-order valence-electron chi connectivity index (χ3n) is 6.75. The highest BCUT2D eigenvalue weighted by Crippen LogP contribution is 2.47. The van der Waals surface area contributed by atoms with Gasteiger partial charge in [-0.25, -0.2) is 13.9 Å². The Labute approximate surface area is 196 Å². The van der Waals surface area contributed by atoms with Gasteiger partial charge in [-0.1, -0.05) is 49.6 Å². The van der Waals surface area contributed by atoms with Crippen LogP contribution in [-0.2, 0) is 21.1 Å². The van der Waals surface area contributed by atoms with Crippen LogP contribution >= 0.6 is 0 Å². The Hall–Kier alpha value is -2.58. The van der Waals surface area contributed by atoms with Crippen molar-refractivity contribution in [2.24, 2.45) is 5.41 Å². The van der Waals surface area contributed by atoms with Gasteiger partial charge in [0.2, 0.25) is 0 Å². The van der Waals surface area contributed by atoms with Crippen LogP contribution in [0.25, 0.3) is 0 Å². The third-order valence-corrected chi connectivity index (χ3v) is 9.10. The quantitative estimate of drug-likeness (QED) is 0.285. The Morgan fingerprint density at radius 1 is 1.03 bits per heavy atom. The average Bonchev–Trinajstić information content (AvgIpc) is 3.34. The highest BCUT2D eigenvalue weighted by molar-refractivity contribution is 7.92. The van der Waals surface area contributed by atoms with Crippen LogP contribution in [0, 0.1) is 5.41 Å². The van der Waals surface area contributed by atoms with E-state index >= 15 is 0 Å². The van der Waals surface area contributed by atoms with E-state index < -0.39 is 26.4 Å². The smallest absolute Gasteiger partial charge is 0.250 e. The Bertz CT molecular complexity index is 1030. The fraction of sp³-hybridized carbons (Fsp3) is 0.480. The van der Waals surface area contributed by atoms with Crippen molar-refractivity contribution in [2.45, 2.75) is 61.5 Å². The van der Waals surface area contributed by atoms with Crippen LogP contribution < -0.4 is 15.0 Å². The molecule has 1 amide bonds. The van der Waals surface area contributed by atoms with Crippen molar-refractivity contribution in [1.82, 2.24) is 5.48 Å². The predicted octanol–water partition coefficient (Wildman–Crippen LogP) is 4.32. The van der Waals surface area contributed by atoms with Gasteiger partial charge in [-0.05, 0) is 49.8 Å². The summed E-state index contributed by atoms with van der Waals surface area (Å²) in [5, 5.41) is 8.53. The van der Waals surface area contributed by atoms with Crippen molar-refractivity contribution in [3.8, 4) is 11.5 Å². The Morgan fingerprint density at radius 3 is 2.30 bits per heavy atom. The zero-order valence-corrected chi connectivity index (χ0v) is 20.1. The molecule has 0 bridgehead atoms. The molecule has 3 rings (SSSR count). The fourth-order valence-corrected chi connectivity index (χ4v) is 7.27. The first kappa shape index (κ1) is 25.1. The molecule has 2 N–H and O–H groups in total. The maximum absolute atomic E-state index is 13.9. The number of unbranched alkanes of at least 4 members (excludes halogenated alkanes) is 1. The molecule has 1 aliphatic carbocycles. The molecule has 1 atom stereocenters. The van der Waals surface area contributed by atoms with Crippen LogP contribution in [0.5, 0.6) is 11.5 Å². The summed E-state index contributed by atoms with van der Waals surface area (Å²) in [6.45, 7) is 0. The highest BCUT2D eigenvalue weighted by atomic mass is 32.2. The van der Waals surface area contributed by atoms with Crippen LogP contribution in [0.15, 0.2) is 53.4 Å². The van der Waals surface area contributed by atoms with E-state index in [0.717, 1.165) is 25.7 Å². The topological polar surface area (TPSA) is 102 Å². The molecule has 0 aromatic heterocycles. The number of rotatable bonds is 11. The third kappa shape index (κ3) is 5.33. The molecule has 0 spiro atoms. The summed E-state index contributed by atoms with van der Waals surface area (Å²) >= 11 is 0. The number of carbonyl (C=O) groups excluding carboxylic acids is 1. The lowest BCUT2D eigenvalue weighted by Crippen LogP contribution is -2.49. The number of hydrogen-bond acceptors (Lipinski definition) is 6. The van der Waals surface area contributed by atoms with E-state index in [1.807, 2.05) is 18.2 Å². The van der Waals surface area contributed by atoms with Gasteiger partial charge < -0.3 is 9.47 Å². The van der Waals surface area contributed by atoms with Gasteiger partial charge in [0, 0.05) is 6.07 Å². The van der Waals surface area contributed by atoms with Crippen molar-refractivity contribution < 1.29 is 27.9 Å². The van der Waals surface area contributed by atoms with E-state index in [2.05, 4.69) is 12.1 Å². The lowest BCUT2D eigenvalue weighted by Gasteiger charge is -2.35. The van der Waals surface area contributed by atoms with Crippen molar-refractivity contribution >= 4 is 15.7 Å². The lowest BCUT2D eigenvalue weighted by atomic mass is 9.79. The highest BCUT2D eigenvalue weighted by Gasteiger charge is 2.53. The van der Waals surface area contributed by atoms with Gasteiger partial charge in [0.15, 0.2) is 21.3 Å². The summed E-state index contributed by atoms with van der Waals surface area (Å²) in [6.07, 6.45) is 4.96. The number of nitrogens with one attached hydrogen (secondary N) is 1. The first-order chi connectivity index (χ1) is 15.9. The van der Waals surface area contributed by atoms with Crippen LogP contribution in [-0.4, -0.2) is 39.0 Å². The normalized spacial score (nSPS) is 16.2. The van der Waals surface area contributed by atoms with Gasteiger partial charge in [0.25, 0.3) is 5.91 Å². The van der Waals surface area contributed by atoms with E-state index in [9.17, 15) is 18.4 Å². The predicted molar refractivity (Wildman–Crippen MR) is 125 cm³/mol. The number of hydroxylamine groups is 1. The van der Waals surface area contributed by atoms with Crippen molar-refractivity contribution in [3.63, 3.8) is 0 Å². The Kier molecular flexibility index (Phi) is 8.37. The van der Waals surface area contributed by atoms with E-state index in [-0.39, 0.29) is 4.90 Å². The van der Waals surface area contributed by atoms with E-state index in [4.69, 9.17) is 9.47 Å². The standard InChI is InChI=1S/C25H33NO6S/c1-31-21-15-14-20(18-22(21)32-2)33(29,30)23(25(24(27)26-28)16-8-9-17-25)13-7-6-12-19-10-4-3-5-11-19/h3-5,10-11,14-15,18,23,28H,6-9,12-13,16-17H2,1-2H3,(H,26,27). The van der Waals surface area contributed by atoms with E-state index in [1.54, 1.807) is 11.5 Å². The molecule has 180 valence electrons. The van der Waals surface area contributed by atoms with Gasteiger partial charge in [0.05, 0.1) is 29.8 Å². The molecule has 7 nitrogen and oxygen atoms in total. The molecule has 2 aromatic carbocycles. The van der Waals surface area contributed by atoms with Crippen LogP contribution in [0.1, 0.15) is 50.5 Å². The fourth-order valence-electron chi connectivity index (χ4n) is 5.00. The molecule has 2 aromatic rings. The molecular formula is C25H33NO6S. The molecule has 1 fully saturated rings. The first-order valence-electron chi connectivity index (χ1n) is 11.3. The van der Waals surface area contributed by atoms with Gasteiger partial charge in [0.1, 0.15) is 0 Å². The summed E-state index contributed by atoms with van der Waals surface area (Å²) < 4.78 is 38.4. The second-order valence-electron chi connectivity index (χ2n) is 8.59. The number of methoxy groups -OCH3 is 2. The summed E-state index contributed by atoms with van der Waals surface area (Å²) in [7, 11) is -0.970. The monoisotopic (exact) mass is 475 g/mol. The van der Waals surface area contributed by atoms with E-state index in [1.165, 1.54) is 31.9 Å². The van der Waals surface area contributed by atoms with Gasteiger partial charge in [-0.3, -0.25) is 10.0 Å². The second kappa shape index (κ2) is 11.0. The zero-order valence-electron chi connectivity index (χ0n) is 19.2. The van der Waals surface area contributed by atoms with Gasteiger partial charge in [-0.15, -0.1) is 0 Å². The number of sulfone groups is 1. The number of hydrogen-bond donors (Lipinski definition) is 2. The molecule has 8 heteroatoms. The molecule has 1 aliphatic rings. The molecule has 0 heterocycles. The second-order valence-corrected chi connectivity index (χ2v) is 10.7. The summed E-state index contributed by atoms with van der Waals surface area (Å²) in [5.41, 5.74) is 1.80. The van der Waals surface area contributed by atoms with Gasteiger partial charge in [-0.2, -0.15) is 0 Å². The summed E-state index contributed by atoms with van der Waals surface area (Å²) in [5.74, 6) is 0.130. The van der Waals surface area contributed by atoms with Crippen molar-refractivity contribution in [2.75, 3.05) is 14.2 Å². The average molecular weight is 476 g/mol. The molecule has 0 saturated heterocycles. The Balaban J connectivity index is 1.92. The minimum atomic E-state index is -3.91. The van der Waals surface area contributed by atoms with Crippen LogP contribution in [0.3, 0.4) is 0 Å². The first-order valence-corrected chi connectivity index (χ1v) is 12.9.